The molecule has 0 spiro atoms. The molecule has 0 radical (unpaired) electrons. The van der Waals surface area contributed by atoms with Crippen LogP contribution < -0.4 is 0 Å². The van der Waals surface area contributed by atoms with E-state index in [-0.39, 0.29) is 35.6 Å². The number of carbonyl (C=O) groups is 2. The number of hydrogen-bond donors (Lipinski definition) is 0. The maximum Gasteiger partial charge on any atom is 0.216 e. The molecule has 0 aliphatic heterocycles. The molecule has 0 saturated heterocycles. The Morgan fingerprint density at radius 2 is 1.00 bits per heavy atom. The molecular weight excluding hydrogens is 586 g/mol. The second-order valence-electron chi connectivity index (χ2n) is 12.5. The molecule has 2 aliphatic rings. The summed E-state index contributed by atoms with van der Waals surface area (Å²) in [6.07, 6.45) is 9.00. The number of fused-ring (bicyclic) bond motifs is 2. The normalized spacial score (nSPS) is 21.5. The van der Waals surface area contributed by atoms with Gasteiger partial charge in [0, 0.05) is 59.1 Å². The molecule has 6 rings (SSSR count). The SMILES string of the molecule is CCc1cc2cc(C(=O)C3CCC(OC)CC3)ccc2nc1F.CCc1cc2cc(C(=O)C3CCC(OC)CC3)ccc2nc1F. The van der Waals surface area contributed by atoms with Crippen molar-refractivity contribution in [1.29, 1.82) is 0 Å². The second kappa shape index (κ2) is 15.3. The van der Waals surface area contributed by atoms with E-state index < -0.39 is 11.9 Å². The zero-order chi connectivity index (χ0) is 32.8. The number of ether oxygens (including phenoxy) is 2. The Morgan fingerprint density at radius 1 is 0.630 bits per heavy atom. The third kappa shape index (κ3) is 7.67. The number of carbonyl (C=O) groups excluding carboxylic acids is 2. The number of nitrogens with zero attached hydrogens (tertiary/aromatic N) is 2. The minimum absolute atomic E-state index is 0.0675. The topological polar surface area (TPSA) is 78.4 Å². The monoisotopic (exact) mass is 630 g/mol. The minimum atomic E-state index is -0.419. The molecule has 46 heavy (non-hydrogen) atoms. The van der Waals surface area contributed by atoms with Gasteiger partial charge in [-0.15, -0.1) is 0 Å². The van der Waals surface area contributed by atoms with Gasteiger partial charge in [-0.3, -0.25) is 9.59 Å². The first kappa shape index (κ1) is 33.7. The van der Waals surface area contributed by atoms with E-state index in [2.05, 4.69) is 9.97 Å². The summed E-state index contributed by atoms with van der Waals surface area (Å²) in [4.78, 5) is 33.4. The average Bonchev–Trinajstić information content (AvgIpc) is 3.10. The molecule has 2 fully saturated rings. The summed E-state index contributed by atoms with van der Waals surface area (Å²) in [6, 6.07) is 14.3. The van der Waals surface area contributed by atoms with Crippen LogP contribution in [-0.4, -0.2) is 48.0 Å². The van der Waals surface area contributed by atoms with Gasteiger partial charge in [0.15, 0.2) is 11.6 Å². The zero-order valence-electron chi connectivity index (χ0n) is 27.3. The first-order chi connectivity index (χ1) is 22.2. The predicted molar refractivity (Wildman–Crippen MR) is 176 cm³/mol. The lowest BCUT2D eigenvalue weighted by Crippen LogP contribution is -2.25. The van der Waals surface area contributed by atoms with Gasteiger partial charge < -0.3 is 9.47 Å². The summed E-state index contributed by atoms with van der Waals surface area (Å²) in [7, 11) is 3.46. The van der Waals surface area contributed by atoms with Gasteiger partial charge in [0.05, 0.1) is 23.2 Å². The number of aromatic nitrogens is 2. The molecule has 2 saturated carbocycles. The number of halogens is 2. The molecule has 2 aromatic heterocycles. The summed E-state index contributed by atoms with van der Waals surface area (Å²) in [6.45, 7) is 3.80. The number of Topliss-reactive ketones (excluding diaryl/α,β-unsaturated/α-hetero) is 2. The van der Waals surface area contributed by atoms with Crippen molar-refractivity contribution >= 4 is 33.4 Å². The van der Waals surface area contributed by atoms with Crippen LogP contribution in [0, 0.1) is 23.7 Å². The highest BCUT2D eigenvalue weighted by atomic mass is 19.1. The number of ketones is 2. The van der Waals surface area contributed by atoms with E-state index in [4.69, 9.17) is 9.47 Å². The molecule has 8 heteroatoms. The smallest absolute Gasteiger partial charge is 0.216 e. The van der Waals surface area contributed by atoms with E-state index >= 15 is 0 Å². The second-order valence-corrected chi connectivity index (χ2v) is 12.5. The Balaban J connectivity index is 0.000000181. The number of benzene rings is 2. The van der Waals surface area contributed by atoms with Gasteiger partial charge in [-0.1, -0.05) is 13.8 Å². The van der Waals surface area contributed by atoms with Crippen molar-refractivity contribution < 1.29 is 27.8 Å². The van der Waals surface area contributed by atoms with Gasteiger partial charge in [-0.05, 0) is 113 Å². The summed E-state index contributed by atoms with van der Waals surface area (Å²) >= 11 is 0. The van der Waals surface area contributed by atoms with E-state index in [1.54, 1.807) is 50.6 Å². The largest absolute Gasteiger partial charge is 0.381 e. The van der Waals surface area contributed by atoms with Crippen molar-refractivity contribution in [3.8, 4) is 0 Å². The van der Waals surface area contributed by atoms with Crippen molar-refractivity contribution in [1.82, 2.24) is 9.97 Å². The molecule has 6 nitrogen and oxygen atoms in total. The lowest BCUT2D eigenvalue weighted by atomic mass is 9.82. The fourth-order valence-corrected chi connectivity index (χ4v) is 6.79. The Kier molecular flexibility index (Phi) is 11.2. The van der Waals surface area contributed by atoms with Crippen LogP contribution >= 0.6 is 0 Å². The highest BCUT2D eigenvalue weighted by molar-refractivity contribution is 6.01. The molecule has 0 N–H and O–H groups in total. The molecule has 2 aliphatic carbocycles. The summed E-state index contributed by atoms with van der Waals surface area (Å²) in [5, 5.41) is 1.67. The van der Waals surface area contributed by atoms with Crippen LogP contribution in [0.1, 0.15) is 97.1 Å². The Labute approximate surface area is 269 Å². The minimum Gasteiger partial charge on any atom is -0.381 e. The molecule has 0 unspecified atom stereocenters. The standard InChI is InChI=1S/2C19H22FNO2/c2*1-3-12-10-15-11-14(6-9-17(15)21-19(12)20)18(22)13-4-7-16(23-2)8-5-13/h2*6,9-11,13,16H,3-5,7-8H2,1-2H3. The molecule has 2 aromatic carbocycles. The van der Waals surface area contributed by atoms with Crippen molar-refractivity contribution in [3.63, 3.8) is 0 Å². The predicted octanol–water partition coefficient (Wildman–Crippen LogP) is 8.65. The number of aryl methyl sites for hydroxylation is 2. The number of methoxy groups -OCH3 is 2. The van der Waals surface area contributed by atoms with E-state index in [0.29, 0.717) is 46.1 Å². The molecule has 0 amide bonds. The van der Waals surface area contributed by atoms with E-state index in [0.717, 1.165) is 62.1 Å². The maximum absolute atomic E-state index is 13.8. The van der Waals surface area contributed by atoms with Crippen LogP contribution in [0.5, 0.6) is 0 Å². The molecular formula is C38H44F2N2O4. The van der Waals surface area contributed by atoms with Gasteiger partial charge in [-0.25, -0.2) is 9.97 Å². The third-order valence-electron chi connectivity index (χ3n) is 9.77. The van der Waals surface area contributed by atoms with Crippen LogP contribution in [0.3, 0.4) is 0 Å². The lowest BCUT2D eigenvalue weighted by Gasteiger charge is -2.26. The van der Waals surface area contributed by atoms with Crippen LogP contribution in [0.15, 0.2) is 48.5 Å². The van der Waals surface area contributed by atoms with Gasteiger partial charge >= 0.3 is 0 Å². The van der Waals surface area contributed by atoms with E-state index in [9.17, 15) is 18.4 Å². The number of rotatable bonds is 8. The maximum atomic E-state index is 13.8. The Bertz CT molecular complexity index is 1570. The number of hydrogen-bond acceptors (Lipinski definition) is 6. The molecule has 244 valence electrons. The van der Waals surface area contributed by atoms with E-state index in [1.165, 1.54) is 0 Å². The highest BCUT2D eigenvalue weighted by Crippen LogP contribution is 2.31. The third-order valence-corrected chi connectivity index (χ3v) is 9.77. The quantitative estimate of drug-likeness (QED) is 0.143. The van der Waals surface area contributed by atoms with Crippen molar-refractivity contribution in [3.05, 3.63) is 82.7 Å². The fraction of sp³-hybridized carbons (Fsp3) is 0.474. The van der Waals surface area contributed by atoms with Crippen molar-refractivity contribution in [2.45, 2.75) is 90.3 Å². The van der Waals surface area contributed by atoms with Gasteiger partial charge in [0.2, 0.25) is 11.9 Å². The zero-order valence-corrected chi connectivity index (χ0v) is 27.3. The van der Waals surface area contributed by atoms with Crippen molar-refractivity contribution in [2.24, 2.45) is 11.8 Å². The Morgan fingerprint density at radius 3 is 1.33 bits per heavy atom. The Hall–Kier alpha value is -3.62. The van der Waals surface area contributed by atoms with Crippen LogP contribution in [0.4, 0.5) is 8.78 Å². The summed E-state index contributed by atoms with van der Waals surface area (Å²) < 4.78 is 38.2. The highest BCUT2D eigenvalue weighted by Gasteiger charge is 2.28. The molecule has 2 heterocycles. The van der Waals surface area contributed by atoms with Gasteiger partial charge in [-0.2, -0.15) is 8.78 Å². The molecule has 4 aromatic rings. The van der Waals surface area contributed by atoms with Crippen molar-refractivity contribution in [2.75, 3.05) is 14.2 Å². The summed E-state index contributed by atoms with van der Waals surface area (Å²) in [5.74, 6) is -0.336. The first-order valence-electron chi connectivity index (χ1n) is 16.6. The summed E-state index contributed by atoms with van der Waals surface area (Å²) in [5.41, 5.74) is 3.77. The average molecular weight is 631 g/mol. The fourth-order valence-electron chi connectivity index (χ4n) is 6.79. The van der Waals surface area contributed by atoms with Crippen LogP contribution in [0.25, 0.3) is 21.8 Å². The van der Waals surface area contributed by atoms with Crippen LogP contribution in [0.2, 0.25) is 0 Å². The molecule has 0 atom stereocenters. The lowest BCUT2D eigenvalue weighted by molar-refractivity contribution is 0.0515. The molecule has 0 bridgehead atoms. The van der Waals surface area contributed by atoms with Gasteiger partial charge in [0.25, 0.3) is 0 Å². The van der Waals surface area contributed by atoms with Gasteiger partial charge in [0.1, 0.15) is 0 Å². The first-order valence-corrected chi connectivity index (χ1v) is 16.6. The van der Waals surface area contributed by atoms with Crippen LogP contribution in [-0.2, 0) is 22.3 Å². The number of pyridine rings is 2. The van der Waals surface area contributed by atoms with E-state index in [1.807, 2.05) is 26.0 Å².